The first-order valence-corrected chi connectivity index (χ1v) is 8.19. The van der Waals surface area contributed by atoms with E-state index in [1.54, 1.807) is 25.3 Å². The molecule has 2 aromatic heterocycles. The summed E-state index contributed by atoms with van der Waals surface area (Å²) in [5.74, 6) is 0.524. The summed E-state index contributed by atoms with van der Waals surface area (Å²) < 4.78 is 8.63. The Morgan fingerprint density at radius 1 is 1.27 bits per heavy atom. The number of carbonyl (C=O) groups is 1. The van der Waals surface area contributed by atoms with Gasteiger partial charge in [-0.15, -0.1) is 5.10 Å². The van der Waals surface area contributed by atoms with Gasteiger partial charge < -0.3 is 10.1 Å². The molecule has 26 heavy (non-hydrogen) atoms. The first kappa shape index (κ1) is 17.6. The maximum Gasteiger partial charge on any atom is 0.224 e. The van der Waals surface area contributed by atoms with E-state index in [1.807, 2.05) is 25.6 Å². The Balaban J connectivity index is 1.71. The van der Waals surface area contributed by atoms with E-state index in [-0.39, 0.29) is 5.91 Å². The van der Waals surface area contributed by atoms with Crippen LogP contribution < -0.4 is 10.1 Å². The Bertz CT molecular complexity index is 916. The maximum atomic E-state index is 12.4. The molecule has 3 rings (SSSR count). The number of amides is 1. The predicted octanol–water partition coefficient (Wildman–Crippen LogP) is 1.59. The average Bonchev–Trinajstić information content (AvgIpc) is 3.23. The number of anilines is 1. The van der Waals surface area contributed by atoms with Crippen molar-refractivity contribution in [3.05, 3.63) is 41.5 Å². The zero-order valence-corrected chi connectivity index (χ0v) is 15.2. The minimum absolute atomic E-state index is 0.0800. The lowest BCUT2D eigenvalue weighted by molar-refractivity contribution is -0.116. The lowest BCUT2D eigenvalue weighted by atomic mass is 10.1. The molecule has 0 aliphatic carbocycles. The summed E-state index contributed by atoms with van der Waals surface area (Å²) in [4.78, 5) is 12.4. The van der Waals surface area contributed by atoms with Gasteiger partial charge in [0.1, 0.15) is 12.1 Å². The van der Waals surface area contributed by atoms with E-state index in [9.17, 15) is 4.79 Å². The molecule has 9 heteroatoms. The minimum atomic E-state index is -0.0800. The van der Waals surface area contributed by atoms with Crippen molar-refractivity contribution in [2.75, 3.05) is 12.4 Å². The number of aryl methyl sites for hydroxylation is 2. The number of nitrogens with one attached hydrogen (secondary N) is 1. The van der Waals surface area contributed by atoms with E-state index in [0.29, 0.717) is 30.0 Å². The van der Waals surface area contributed by atoms with Crippen molar-refractivity contribution >= 4 is 11.6 Å². The molecule has 1 N–H and O–H groups in total. The van der Waals surface area contributed by atoms with Crippen LogP contribution in [0.2, 0.25) is 0 Å². The van der Waals surface area contributed by atoms with Crippen LogP contribution in [0.1, 0.15) is 23.4 Å². The van der Waals surface area contributed by atoms with Gasteiger partial charge in [-0.25, -0.2) is 4.68 Å². The Morgan fingerprint density at radius 3 is 2.69 bits per heavy atom. The first-order chi connectivity index (χ1) is 12.5. The van der Waals surface area contributed by atoms with Gasteiger partial charge in [-0.05, 0) is 42.3 Å². The summed E-state index contributed by atoms with van der Waals surface area (Å²) >= 11 is 0. The van der Waals surface area contributed by atoms with Crippen molar-refractivity contribution < 1.29 is 9.53 Å². The van der Waals surface area contributed by atoms with Gasteiger partial charge in [0.05, 0.1) is 18.5 Å². The molecule has 0 bridgehead atoms. The molecule has 2 heterocycles. The molecule has 0 aliphatic heterocycles. The van der Waals surface area contributed by atoms with Gasteiger partial charge in [0, 0.05) is 37.0 Å². The lowest BCUT2D eigenvalue weighted by Gasteiger charge is -2.10. The molecule has 9 nitrogen and oxygen atoms in total. The number of carbonyl (C=O) groups excluding carboxylic acids is 1. The third kappa shape index (κ3) is 3.71. The molecular weight excluding hydrogens is 334 g/mol. The van der Waals surface area contributed by atoms with Crippen LogP contribution in [-0.2, 0) is 18.3 Å². The third-order valence-electron chi connectivity index (χ3n) is 4.29. The minimum Gasteiger partial charge on any atom is -0.497 e. The maximum absolute atomic E-state index is 12.4. The van der Waals surface area contributed by atoms with Crippen LogP contribution in [0.15, 0.2) is 24.5 Å². The normalized spacial score (nSPS) is 10.8. The second-order valence-corrected chi connectivity index (χ2v) is 6.00. The molecule has 1 amide bonds. The molecule has 0 radical (unpaired) electrons. The predicted molar refractivity (Wildman–Crippen MR) is 95.3 cm³/mol. The number of benzene rings is 1. The Hall–Kier alpha value is -3.23. The van der Waals surface area contributed by atoms with Gasteiger partial charge in [-0.3, -0.25) is 9.48 Å². The number of tetrazole rings is 1. The number of aromatic nitrogens is 6. The highest BCUT2D eigenvalue weighted by Crippen LogP contribution is 2.23. The van der Waals surface area contributed by atoms with Gasteiger partial charge in [-0.1, -0.05) is 0 Å². The Kier molecular flexibility index (Phi) is 4.97. The van der Waals surface area contributed by atoms with Gasteiger partial charge in [0.2, 0.25) is 5.91 Å². The topological polar surface area (TPSA) is 99.8 Å². The van der Waals surface area contributed by atoms with Crippen molar-refractivity contribution in [2.24, 2.45) is 7.05 Å². The summed E-state index contributed by atoms with van der Waals surface area (Å²) in [6.07, 6.45) is 2.49. The summed E-state index contributed by atoms with van der Waals surface area (Å²) in [6, 6.07) is 5.33. The molecule has 0 saturated heterocycles. The molecule has 0 unspecified atom stereocenters. The standard InChI is InChI=1S/C17H21N7O2/c1-11-16(12(2)23(3)20-11)5-6-17(25)19-13-7-14(9-15(8-13)26-4)24-10-18-21-22-24/h7-10H,5-6H2,1-4H3,(H,19,25). The van der Waals surface area contributed by atoms with Gasteiger partial charge in [0.25, 0.3) is 0 Å². The van der Waals surface area contributed by atoms with Crippen LogP contribution in [0.5, 0.6) is 5.75 Å². The average molecular weight is 355 g/mol. The van der Waals surface area contributed by atoms with Crippen molar-refractivity contribution in [3.63, 3.8) is 0 Å². The zero-order valence-electron chi connectivity index (χ0n) is 15.2. The van der Waals surface area contributed by atoms with Crippen molar-refractivity contribution in [1.29, 1.82) is 0 Å². The Labute approximate surface area is 151 Å². The summed E-state index contributed by atoms with van der Waals surface area (Å²) in [7, 11) is 3.47. The fourth-order valence-electron chi connectivity index (χ4n) is 2.83. The fourth-order valence-corrected chi connectivity index (χ4v) is 2.83. The van der Waals surface area contributed by atoms with E-state index in [0.717, 1.165) is 17.0 Å². The number of ether oxygens (including phenoxy) is 1. The monoisotopic (exact) mass is 355 g/mol. The highest BCUT2D eigenvalue weighted by Gasteiger charge is 2.12. The molecule has 0 saturated carbocycles. The number of hydrogen-bond acceptors (Lipinski definition) is 6. The lowest BCUT2D eigenvalue weighted by Crippen LogP contribution is -2.13. The van der Waals surface area contributed by atoms with Crippen LogP contribution >= 0.6 is 0 Å². The van der Waals surface area contributed by atoms with E-state index in [4.69, 9.17) is 4.74 Å². The van der Waals surface area contributed by atoms with E-state index in [2.05, 4.69) is 25.9 Å². The van der Waals surface area contributed by atoms with Crippen LogP contribution in [-0.4, -0.2) is 43.0 Å². The van der Waals surface area contributed by atoms with Crippen LogP contribution in [0.3, 0.4) is 0 Å². The molecule has 3 aromatic rings. The van der Waals surface area contributed by atoms with Gasteiger partial charge >= 0.3 is 0 Å². The molecule has 0 aliphatic rings. The largest absolute Gasteiger partial charge is 0.497 e. The number of rotatable bonds is 6. The highest BCUT2D eigenvalue weighted by atomic mass is 16.5. The smallest absolute Gasteiger partial charge is 0.224 e. The van der Waals surface area contributed by atoms with E-state index >= 15 is 0 Å². The molecule has 0 atom stereocenters. The highest BCUT2D eigenvalue weighted by molar-refractivity contribution is 5.91. The van der Waals surface area contributed by atoms with Gasteiger partial charge in [0.15, 0.2) is 0 Å². The molecule has 1 aromatic carbocycles. The van der Waals surface area contributed by atoms with E-state index < -0.39 is 0 Å². The van der Waals surface area contributed by atoms with Gasteiger partial charge in [-0.2, -0.15) is 5.10 Å². The SMILES string of the molecule is COc1cc(NC(=O)CCc2c(C)nn(C)c2C)cc(-n2cnnn2)c1. The molecule has 0 spiro atoms. The third-order valence-corrected chi connectivity index (χ3v) is 4.29. The van der Waals surface area contributed by atoms with Crippen LogP contribution in [0.25, 0.3) is 5.69 Å². The van der Waals surface area contributed by atoms with Crippen molar-refractivity contribution in [3.8, 4) is 11.4 Å². The summed E-state index contributed by atoms with van der Waals surface area (Å²) in [6.45, 7) is 3.97. The molecule has 0 fully saturated rings. The molecular formula is C17H21N7O2. The van der Waals surface area contributed by atoms with Crippen LogP contribution in [0.4, 0.5) is 5.69 Å². The zero-order chi connectivity index (χ0) is 18.7. The van der Waals surface area contributed by atoms with E-state index in [1.165, 1.54) is 11.0 Å². The van der Waals surface area contributed by atoms with Crippen LogP contribution in [0, 0.1) is 13.8 Å². The number of hydrogen-bond donors (Lipinski definition) is 1. The molecule has 136 valence electrons. The second kappa shape index (κ2) is 7.34. The first-order valence-electron chi connectivity index (χ1n) is 8.19. The Morgan fingerprint density at radius 2 is 2.08 bits per heavy atom. The second-order valence-electron chi connectivity index (χ2n) is 6.00. The van der Waals surface area contributed by atoms with Crippen molar-refractivity contribution in [1.82, 2.24) is 30.0 Å². The number of methoxy groups -OCH3 is 1. The number of nitrogens with zero attached hydrogens (tertiary/aromatic N) is 6. The summed E-state index contributed by atoms with van der Waals surface area (Å²) in [5.41, 5.74) is 4.48. The van der Waals surface area contributed by atoms with Crippen molar-refractivity contribution in [2.45, 2.75) is 26.7 Å². The summed E-state index contributed by atoms with van der Waals surface area (Å²) in [5, 5.41) is 18.4. The fraction of sp³-hybridized carbons (Fsp3) is 0.353. The quantitative estimate of drug-likeness (QED) is 0.721.